The van der Waals surface area contributed by atoms with Gasteiger partial charge in [0.05, 0.1) is 6.10 Å². The van der Waals surface area contributed by atoms with Gasteiger partial charge in [0, 0.05) is 24.4 Å². The molecular weight excluding hydrogens is 290 g/mol. The van der Waals surface area contributed by atoms with E-state index in [1.807, 2.05) is 63.4 Å². The molecule has 2 aromatic rings. The lowest BCUT2D eigenvalue weighted by molar-refractivity contribution is -0.121. The number of carbonyl (C=O) groups excluding carboxylic acids is 1. The maximum atomic E-state index is 13.0. The van der Waals surface area contributed by atoms with Crippen LogP contribution in [0, 0.1) is 0 Å². The van der Waals surface area contributed by atoms with Crippen LogP contribution in [0.5, 0.6) is 11.5 Å². The third-order valence-corrected chi connectivity index (χ3v) is 4.62. The lowest BCUT2D eigenvalue weighted by Gasteiger charge is -2.21. The van der Waals surface area contributed by atoms with Gasteiger partial charge in [-0.3, -0.25) is 4.79 Å². The second-order valence-corrected chi connectivity index (χ2v) is 6.40. The molecule has 23 heavy (non-hydrogen) atoms. The molecule has 1 spiro atoms. The van der Waals surface area contributed by atoms with Crippen LogP contribution in [0.3, 0.4) is 0 Å². The van der Waals surface area contributed by atoms with Gasteiger partial charge in [-0.15, -0.1) is 0 Å². The van der Waals surface area contributed by atoms with Crippen LogP contribution < -0.4 is 14.4 Å². The van der Waals surface area contributed by atoms with Crippen LogP contribution in [0.1, 0.15) is 25.0 Å². The van der Waals surface area contributed by atoms with Crippen LogP contribution in [0.25, 0.3) is 0 Å². The number of hydrogen-bond donors (Lipinski definition) is 0. The maximum Gasteiger partial charge on any atom is 0.245 e. The zero-order valence-corrected chi connectivity index (χ0v) is 13.5. The number of benzene rings is 2. The van der Waals surface area contributed by atoms with E-state index in [1.54, 1.807) is 4.90 Å². The summed E-state index contributed by atoms with van der Waals surface area (Å²) in [5.41, 5.74) is 2.17. The fourth-order valence-electron chi connectivity index (χ4n) is 3.62. The predicted octanol–water partition coefficient (Wildman–Crippen LogP) is 3.13. The zero-order chi connectivity index (χ0) is 16.2. The first-order valence-electron chi connectivity index (χ1n) is 7.85. The van der Waals surface area contributed by atoms with Gasteiger partial charge in [-0.25, -0.2) is 0 Å². The highest BCUT2D eigenvalue weighted by molar-refractivity contribution is 6.11. The molecule has 4 nitrogen and oxygen atoms in total. The van der Waals surface area contributed by atoms with Crippen LogP contribution in [-0.4, -0.2) is 25.7 Å². The Hall–Kier alpha value is -2.49. The van der Waals surface area contributed by atoms with E-state index >= 15 is 0 Å². The normalized spacial score (nSPS) is 21.6. The average molecular weight is 309 g/mol. The van der Waals surface area contributed by atoms with Gasteiger partial charge in [0.2, 0.25) is 5.91 Å². The molecule has 2 aromatic carbocycles. The molecule has 1 unspecified atom stereocenters. The summed E-state index contributed by atoms with van der Waals surface area (Å²) in [5.74, 6) is 1.57. The second-order valence-electron chi connectivity index (χ2n) is 6.40. The van der Waals surface area contributed by atoms with Gasteiger partial charge < -0.3 is 14.4 Å². The van der Waals surface area contributed by atoms with Gasteiger partial charge in [-0.2, -0.15) is 0 Å². The minimum atomic E-state index is -0.725. The number of likely N-dealkylation sites (N-methyl/N-ethyl adjacent to an activating group) is 1. The Morgan fingerprint density at radius 3 is 2.74 bits per heavy atom. The third kappa shape index (κ3) is 1.81. The first kappa shape index (κ1) is 14.1. The Morgan fingerprint density at radius 1 is 1.17 bits per heavy atom. The van der Waals surface area contributed by atoms with Gasteiger partial charge in [0.25, 0.3) is 0 Å². The summed E-state index contributed by atoms with van der Waals surface area (Å²) in [4.78, 5) is 14.8. The van der Waals surface area contributed by atoms with Crippen LogP contribution in [0.15, 0.2) is 42.5 Å². The molecule has 118 valence electrons. The number of carbonyl (C=O) groups is 1. The molecule has 0 saturated carbocycles. The van der Waals surface area contributed by atoms with Crippen molar-refractivity contribution in [3.05, 3.63) is 53.6 Å². The fourth-order valence-corrected chi connectivity index (χ4v) is 3.62. The van der Waals surface area contributed by atoms with Crippen molar-refractivity contribution in [3.63, 3.8) is 0 Å². The molecule has 0 radical (unpaired) electrons. The van der Waals surface area contributed by atoms with E-state index in [0.717, 1.165) is 28.3 Å². The number of ether oxygens (including phenoxy) is 2. The summed E-state index contributed by atoms with van der Waals surface area (Å²) in [6.07, 6.45) is 0.100. The molecule has 0 saturated heterocycles. The second kappa shape index (κ2) is 4.75. The number of hydrogen-bond acceptors (Lipinski definition) is 3. The third-order valence-electron chi connectivity index (χ3n) is 4.62. The first-order valence-corrected chi connectivity index (χ1v) is 7.85. The summed E-state index contributed by atoms with van der Waals surface area (Å²) >= 11 is 0. The van der Waals surface area contributed by atoms with E-state index in [1.165, 1.54) is 0 Å². The van der Waals surface area contributed by atoms with Crippen molar-refractivity contribution in [3.8, 4) is 11.5 Å². The van der Waals surface area contributed by atoms with Gasteiger partial charge >= 0.3 is 0 Å². The van der Waals surface area contributed by atoms with Crippen LogP contribution in [0.2, 0.25) is 0 Å². The average Bonchev–Trinajstić information content (AvgIpc) is 3.01. The number of fused-ring (bicyclic) bond motifs is 4. The molecule has 0 fully saturated rings. The van der Waals surface area contributed by atoms with Crippen molar-refractivity contribution in [2.75, 3.05) is 18.6 Å². The molecule has 1 amide bonds. The first-order chi connectivity index (χ1) is 11.0. The summed E-state index contributed by atoms with van der Waals surface area (Å²) in [6.45, 7) is 4.32. The molecule has 4 rings (SSSR count). The molecule has 0 aliphatic carbocycles. The molecule has 0 N–H and O–H groups in total. The van der Waals surface area contributed by atoms with Crippen molar-refractivity contribution >= 4 is 11.6 Å². The van der Waals surface area contributed by atoms with Crippen molar-refractivity contribution < 1.29 is 14.3 Å². The van der Waals surface area contributed by atoms with Crippen LogP contribution >= 0.6 is 0 Å². The highest BCUT2D eigenvalue weighted by atomic mass is 16.5. The number of nitrogens with zero attached hydrogens (tertiary/aromatic N) is 1. The van der Waals surface area contributed by atoms with Crippen LogP contribution in [0.4, 0.5) is 5.69 Å². The molecule has 0 bridgehead atoms. The molecular formula is C19H19NO3. The van der Waals surface area contributed by atoms with Crippen LogP contribution in [-0.2, 0) is 10.2 Å². The number of amides is 1. The van der Waals surface area contributed by atoms with E-state index in [2.05, 4.69) is 0 Å². The largest absolute Gasteiger partial charge is 0.491 e. The zero-order valence-electron chi connectivity index (χ0n) is 13.5. The number of para-hydroxylation sites is 1. The van der Waals surface area contributed by atoms with E-state index < -0.39 is 5.41 Å². The summed E-state index contributed by atoms with van der Waals surface area (Å²) in [7, 11) is 1.82. The van der Waals surface area contributed by atoms with Crippen molar-refractivity contribution in [2.24, 2.45) is 0 Å². The Bertz CT molecular complexity index is 799. The highest BCUT2D eigenvalue weighted by Gasteiger charge is 2.55. The maximum absolute atomic E-state index is 13.0. The van der Waals surface area contributed by atoms with Gasteiger partial charge in [-0.05, 0) is 31.5 Å². The van der Waals surface area contributed by atoms with Gasteiger partial charge in [0.15, 0.2) is 0 Å². The SMILES string of the molecule is CC(C)Oc1ccc2c(c1)OCC21C(=O)N(C)c2ccccc21. The van der Waals surface area contributed by atoms with E-state index in [-0.39, 0.29) is 12.0 Å². The standard InChI is InChI=1S/C19H19NO3/c1-12(2)23-13-8-9-15-17(10-13)22-11-19(15)14-6-4-5-7-16(14)20(3)18(19)21/h4-10,12H,11H2,1-3H3. The monoisotopic (exact) mass is 309 g/mol. The van der Waals surface area contributed by atoms with E-state index in [4.69, 9.17) is 9.47 Å². The molecule has 2 aliphatic heterocycles. The van der Waals surface area contributed by atoms with Gasteiger partial charge in [-0.1, -0.05) is 24.3 Å². The molecule has 4 heteroatoms. The fraction of sp³-hybridized carbons (Fsp3) is 0.316. The number of rotatable bonds is 2. The van der Waals surface area contributed by atoms with Crippen molar-refractivity contribution in [1.29, 1.82) is 0 Å². The Balaban J connectivity index is 1.86. The lowest BCUT2D eigenvalue weighted by atomic mass is 9.77. The predicted molar refractivity (Wildman–Crippen MR) is 88.3 cm³/mol. The highest BCUT2D eigenvalue weighted by Crippen LogP contribution is 2.52. The van der Waals surface area contributed by atoms with E-state index in [0.29, 0.717) is 6.61 Å². The molecule has 0 aromatic heterocycles. The lowest BCUT2D eigenvalue weighted by Crippen LogP contribution is -2.40. The van der Waals surface area contributed by atoms with Crippen molar-refractivity contribution in [1.82, 2.24) is 0 Å². The smallest absolute Gasteiger partial charge is 0.245 e. The van der Waals surface area contributed by atoms with Gasteiger partial charge in [0.1, 0.15) is 23.5 Å². The molecule has 2 heterocycles. The quantitative estimate of drug-likeness (QED) is 0.855. The molecule has 2 aliphatic rings. The van der Waals surface area contributed by atoms with Crippen molar-refractivity contribution in [2.45, 2.75) is 25.4 Å². The Labute approximate surface area is 135 Å². The minimum Gasteiger partial charge on any atom is -0.491 e. The summed E-state index contributed by atoms with van der Waals surface area (Å²) in [5, 5.41) is 0. The van der Waals surface area contributed by atoms with E-state index in [9.17, 15) is 4.79 Å². The summed E-state index contributed by atoms with van der Waals surface area (Å²) in [6, 6.07) is 13.7. The Kier molecular flexibility index (Phi) is 2.92. The topological polar surface area (TPSA) is 38.8 Å². The summed E-state index contributed by atoms with van der Waals surface area (Å²) < 4.78 is 11.6. The minimum absolute atomic E-state index is 0.0648. The molecule has 1 atom stereocenters. The number of anilines is 1. The Morgan fingerprint density at radius 2 is 1.96 bits per heavy atom.